The summed E-state index contributed by atoms with van der Waals surface area (Å²) in [5.41, 5.74) is 0.968. The third-order valence-corrected chi connectivity index (χ3v) is 11.0. The van der Waals surface area contributed by atoms with Crippen molar-refractivity contribution < 1.29 is 32.2 Å². The molecule has 1 spiro atoms. The number of pyridine rings is 1. The summed E-state index contributed by atoms with van der Waals surface area (Å²) in [7, 11) is -4.12. The van der Waals surface area contributed by atoms with Gasteiger partial charge in [-0.15, -0.1) is 0 Å². The molecule has 0 saturated carbocycles. The molecule has 3 fully saturated rings. The number of halogens is 1. The van der Waals surface area contributed by atoms with Crippen LogP contribution in [0.15, 0.2) is 41.6 Å². The molecule has 3 saturated heterocycles. The molecule has 0 radical (unpaired) electrons. The third kappa shape index (κ3) is 5.85. The first-order chi connectivity index (χ1) is 19.7. The summed E-state index contributed by atoms with van der Waals surface area (Å²) in [6.45, 7) is 3.10. The van der Waals surface area contributed by atoms with Gasteiger partial charge >= 0.3 is 0 Å². The number of hydrogen-bond acceptors (Lipinski definition) is 8. The predicted octanol–water partition coefficient (Wildman–Crippen LogP) is 2.17. The zero-order valence-corrected chi connectivity index (χ0v) is 23.8. The number of benzene rings is 1. The van der Waals surface area contributed by atoms with Gasteiger partial charge in [-0.05, 0) is 55.4 Å². The number of nitrogens with one attached hydrogen (secondary N) is 1. The van der Waals surface area contributed by atoms with Crippen molar-refractivity contribution >= 4 is 15.9 Å². The zero-order valence-electron chi connectivity index (χ0n) is 23.0. The molecule has 2 aromatic rings. The SMILES string of the molecule is O=C1NC2(CCOc3cc(C4CCOCC4)ccc3S(=O)(=O)N3C[C@H](O)C[C@@H]13)CCN(Cc1ccncc1F)CC2. The molecule has 41 heavy (non-hydrogen) atoms. The monoisotopic (exact) mass is 588 g/mol. The van der Waals surface area contributed by atoms with Gasteiger partial charge in [0, 0.05) is 69.5 Å². The van der Waals surface area contributed by atoms with E-state index >= 15 is 0 Å². The van der Waals surface area contributed by atoms with Gasteiger partial charge in [0.1, 0.15) is 22.5 Å². The maximum atomic E-state index is 14.2. The molecular weight excluding hydrogens is 551 g/mol. The summed E-state index contributed by atoms with van der Waals surface area (Å²) in [5.74, 6) is -0.210. The van der Waals surface area contributed by atoms with Crippen LogP contribution in [0.2, 0.25) is 0 Å². The molecule has 0 bridgehead atoms. The molecule has 4 aliphatic rings. The average Bonchev–Trinajstić information content (AvgIpc) is 3.38. The van der Waals surface area contributed by atoms with E-state index in [1.807, 2.05) is 12.1 Å². The van der Waals surface area contributed by atoms with Crippen molar-refractivity contribution in [3.05, 3.63) is 53.6 Å². The number of sulfonamides is 1. The number of aliphatic hydroxyl groups is 1. The Morgan fingerprint density at radius 3 is 2.66 bits per heavy atom. The second-order valence-electron chi connectivity index (χ2n) is 11.7. The largest absolute Gasteiger partial charge is 0.492 e. The Hall–Kier alpha value is -2.64. The first-order valence-electron chi connectivity index (χ1n) is 14.4. The lowest BCUT2D eigenvalue weighted by Gasteiger charge is -2.43. The molecule has 0 aliphatic carbocycles. The van der Waals surface area contributed by atoms with E-state index in [1.54, 1.807) is 18.3 Å². The highest BCUT2D eigenvalue weighted by molar-refractivity contribution is 7.89. The predicted molar refractivity (Wildman–Crippen MR) is 147 cm³/mol. The van der Waals surface area contributed by atoms with Crippen LogP contribution in [0.5, 0.6) is 5.75 Å². The summed E-state index contributed by atoms with van der Waals surface area (Å²) in [5, 5.41) is 13.7. The number of aliphatic hydroxyl groups excluding tert-OH is 1. The Labute approximate surface area is 239 Å². The lowest BCUT2D eigenvalue weighted by atomic mass is 9.84. The second kappa shape index (κ2) is 11.6. The van der Waals surface area contributed by atoms with Crippen LogP contribution < -0.4 is 10.1 Å². The van der Waals surface area contributed by atoms with Crippen molar-refractivity contribution in [3.8, 4) is 5.75 Å². The second-order valence-corrected chi connectivity index (χ2v) is 13.5. The lowest BCUT2D eigenvalue weighted by molar-refractivity contribution is -0.127. The van der Waals surface area contributed by atoms with Crippen LogP contribution in [0.3, 0.4) is 0 Å². The standard InChI is InChI=1S/C29H37FN4O6S/c30-24-17-31-9-3-22(24)18-33-10-6-29(7-11-33)8-14-40-26-15-21(20-4-12-39-13-5-20)1-2-27(26)41(37,38)34-19-23(35)16-25(34)28(36)32-29/h1-3,9,15,17,20,23,25,35H,4-8,10-14,16,18-19H2,(H,32,36)/t23-,25+/m1/s1. The van der Waals surface area contributed by atoms with Crippen LogP contribution in [-0.2, 0) is 26.1 Å². The minimum Gasteiger partial charge on any atom is -0.492 e. The highest BCUT2D eigenvalue weighted by atomic mass is 32.2. The summed E-state index contributed by atoms with van der Waals surface area (Å²) in [4.78, 5) is 19.7. The van der Waals surface area contributed by atoms with Gasteiger partial charge in [-0.25, -0.2) is 12.8 Å². The summed E-state index contributed by atoms with van der Waals surface area (Å²) in [6.07, 6.45) is 5.29. The van der Waals surface area contributed by atoms with Gasteiger partial charge in [0.15, 0.2) is 0 Å². The highest BCUT2D eigenvalue weighted by Gasteiger charge is 2.47. The van der Waals surface area contributed by atoms with Gasteiger partial charge in [-0.1, -0.05) is 6.07 Å². The number of amides is 1. The number of likely N-dealkylation sites (tertiary alicyclic amines) is 1. The quantitative estimate of drug-likeness (QED) is 0.560. The van der Waals surface area contributed by atoms with Gasteiger partial charge in [0.25, 0.3) is 0 Å². The van der Waals surface area contributed by atoms with Crippen molar-refractivity contribution in [2.24, 2.45) is 0 Å². The van der Waals surface area contributed by atoms with Crippen molar-refractivity contribution in [2.45, 2.75) is 73.6 Å². The molecule has 4 aliphatic heterocycles. The molecule has 12 heteroatoms. The molecule has 2 atom stereocenters. The van der Waals surface area contributed by atoms with Crippen LogP contribution in [0, 0.1) is 5.82 Å². The van der Waals surface area contributed by atoms with Crippen molar-refractivity contribution in [2.75, 3.05) is 39.5 Å². The number of nitrogens with zero attached hydrogens (tertiary/aromatic N) is 3. The molecule has 1 aromatic heterocycles. The number of aromatic nitrogens is 1. The molecule has 222 valence electrons. The van der Waals surface area contributed by atoms with E-state index in [2.05, 4.69) is 15.2 Å². The van der Waals surface area contributed by atoms with Crippen LogP contribution in [0.4, 0.5) is 4.39 Å². The smallest absolute Gasteiger partial charge is 0.247 e. The fourth-order valence-corrected chi connectivity index (χ4v) is 8.35. The fraction of sp³-hybridized carbons (Fsp3) is 0.586. The van der Waals surface area contributed by atoms with Crippen molar-refractivity contribution in [1.29, 1.82) is 0 Å². The molecule has 5 heterocycles. The average molecular weight is 589 g/mol. The normalized spacial score (nSPS) is 27.3. The van der Waals surface area contributed by atoms with Crippen LogP contribution >= 0.6 is 0 Å². The number of piperidine rings is 1. The Morgan fingerprint density at radius 1 is 1.12 bits per heavy atom. The van der Waals surface area contributed by atoms with E-state index < -0.39 is 33.6 Å². The third-order valence-electron chi connectivity index (χ3n) is 9.07. The molecule has 6 rings (SSSR count). The Morgan fingerprint density at radius 2 is 1.90 bits per heavy atom. The molecular formula is C29H37FN4O6S. The highest BCUT2D eigenvalue weighted by Crippen LogP contribution is 2.38. The van der Waals surface area contributed by atoms with Crippen LogP contribution in [0.25, 0.3) is 0 Å². The number of ether oxygens (including phenoxy) is 2. The molecule has 1 amide bonds. The minimum atomic E-state index is -4.12. The maximum absolute atomic E-state index is 14.2. The number of carbonyl (C=O) groups excluding carboxylic acids is 1. The fourth-order valence-electron chi connectivity index (χ4n) is 6.60. The molecule has 1 aromatic carbocycles. The molecule has 0 unspecified atom stereocenters. The summed E-state index contributed by atoms with van der Waals surface area (Å²) >= 11 is 0. The van der Waals surface area contributed by atoms with E-state index in [9.17, 15) is 22.7 Å². The number of hydrogen-bond donors (Lipinski definition) is 2. The van der Waals surface area contributed by atoms with Crippen LogP contribution in [0.1, 0.15) is 55.6 Å². The number of fused-ring (bicyclic) bond motifs is 2. The van der Waals surface area contributed by atoms with Gasteiger partial charge in [0.05, 0.1) is 18.9 Å². The van der Waals surface area contributed by atoms with Gasteiger partial charge in [-0.3, -0.25) is 14.7 Å². The van der Waals surface area contributed by atoms with Crippen molar-refractivity contribution in [1.82, 2.24) is 19.5 Å². The zero-order chi connectivity index (χ0) is 28.6. The summed E-state index contributed by atoms with van der Waals surface area (Å²) in [6, 6.07) is 5.90. The van der Waals surface area contributed by atoms with E-state index in [1.165, 1.54) is 6.20 Å². The first-order valence-corrected chi connectivity index (χ1v) is 15.9. The molecule has 10 nitrogen and oxygen atoms in total. The minimum absolute atomic E-state index is 0.0188. The Kier molecular flexibility index (Phi) is 8.03. The summed E-state index contributed by atoms with van der Waals surface area (Å²) < 4.78 is 54.9. The number of carbonyl (C=O) groups is 1. The van der Waals surface area contributed by atoms with Crippen molar-refractivity contribution in [3.63, 3.8) is 0 Å². The lowest BCUT2D eigenvalue weighted by Crippen LogP contribution is -2.59. The Bertz CT molecular complexity index is 1380. The van der Waals surface area contributed by atoms with Gasteiger partial charge in [-0.2, -0.15) is 4.31 Å². The van der Waals surface area contributed by atoms with E-state index in [4.69, 9.17) is 9.47 Å². The maximum Gasteiger partial charge on any atom is 0.247 e. The first kappa shape index (κ1) is 28.5. The Balaban J connectivity index is 1.28. The molecule has 2 N–H and O–H groups in total. The van der Waals surface area contributed by atoms with Gasteiger partial charge in [0.2, 0.25) is 15.9 Å². The van der Waals surface area contributed by atoms with E-state index in [0.29, 0.717) is 57.7 Å². The van der Waals surface area contributed by atoms with E-state index in [-0.39, 0.29) is 42.0 Å². The van der Waals surface area contributed by atoms with Crippen LogP contribution in [-0.4, -0.2) is 90.8 Å². The van der Waals surface area contributed by atoms with Gasteiger partial charge < -0.3 is 19.9 Å². The number of rotatable bonds is 3. The van der Waals surface area contributed by atoms with E-state index in [0.717, 1.165) is 22.7 Å². The topological polar surface area (TPSA) is 121 Å².